The minimum atomic E-state index is -0.799. The van der Waals surface area contributed by atoms with Crippen LogP contribution < -0.4 is 0 Å². The van der Waals surface area contributed by atoms with E-state index in [1.54, 1.807) is 0 Å². The van der Waals surface area contributed by atoms with Crippen LogP contribution in [0.1, 0.15) is 374 Å². The number of carbonyl (C=O) groups excluding carboxylic acids is 3. The first-order valence-electron chi connectivity index (χ1n) is 34.6. The third-order valence-electron chi connectivity index (χ3n) is 15.6. The molecule has 1 unspecified atom stereocenters. The second kappa shape index (κ2) is 66.9. The molecule has 0 aromatic rings. The highest BCUT2D eigenvalue weighted by Gasteiger charge is 2.19. The summed E-state index contributed by atoms with van der Waals surface area (Å²) in [7, 11) is 0. The van der Waals surface area contributed by atoms with Crippen LogP contribution in [0.2, 0.25) is 0 Å². The number of hydrogen-bond acceptors (Lipinski definition) is 6. The summed E-state index contributed by atoms with van der Waals surface area (Å²) in [6, 6.07) is 0. The summed E-state index contributed by atoms with van der Waals surface area (Å²) >= 11 is 0. The number of rotatable bonds is 64. The second-order valence-corrected chi connectivity index (χ2v) is 23.4. The Balaban J connectivity index is 4.14. The maximum atomic E-state index is 12.9. The van der Waals surface area contributed by atoms with Gasteiger partial charge < -0.3 is 14.2 Å². The summed E-state index contributed by atoms with van der Waals surface area (Å²) in [5.74, 6) is -0.952. The molecule has 6 heteroatoms. The van der Waals surface area contributed by atoms with Crippen LogP contribution in [0.25, 0.3) is 0 Å². The van der Waals surface area contributed by atoms with E-state index in [-0.39, 0.29) is 37.5 Å². The quantitative estimate of drug-likeness (QED) is 0.0261. The molecule has 0 saturated carbocycles. The Labute approximate surface area is 486 Å². The molecule has 0 aliphatic heterocycles. The zero-order valence-electron chi connectivity index (χ0n) is 52.5. The first-order valence-corrected chi connectivity index (χ1v) is 34.6. The maximum absolute atomic E-state index is 12.9. The van der Waals surface area contributed by atoms with Gasteiger partial charge in [-0.1, -0.05) is 358 Å². The Morgan fingerprint density at radius 1 is 0.269 bits per heavy atom. The molecule has 0 aromatic carbocycles. The SMILES string of the molecule is CC/C=C\C/C=C\C/C=C\C/C=C\CCC(=O)OCC(COC(=O)CCCCCCCCCCCCCCCCCCCCCCCCCCCCCCCCC)OC(=O)CCCCCCCCCCCCCCCCCC. The summed E-state index contributed by atoms with van der Waals surface area (Å²) in [6.45, 7) is 6.53. The molecule has 0 N–H and O–H groups in total. The summed E-state index contributed by atoms with van der Waals surface area (Å²) in [4.78, 5) is 38.3. The highest BCUT2D eigenvalue weighted by atomic mass is 16.6. The van der Waals surface area contributed by atoms with Crippen LogP contribution in [-0.2, 0) is 28.6 Å². The first kappa shape index (κ1) is 75.4. The molecule has 456 valence electrons. The third kappa shape index (κ3) is 64.2. The van der Waals surface area contributed by atoms with Gasteiger partial charge >= 0.3 is 17.9 Å². The number of allylic oxidation sites excluding steroid dienone is 8. The van der Waals surface area contributed by atoms with Crippen molar-refractivity contribution < 1.29 is 28.6 Å². The molecular formula is C72H132O6. The van der Waals surface area contributed by atoms with Crippen molar-refractivity contribution in [1.29, 1.82) is 0 Å². The smallest absolute Gasteiger partial charge is 0.306 e. The highest BCUT2D eigenvalue weighted by Crippen LogP contribution is 2.19. The van der Waals surface area contributed by atoms with Crippen molar-refractivity contribution in [2.45, 2.75) is 380 Å². The number of esters is 3. The van der Waals surface area contributed by atoms with Gasteiger partial charge in [0, 0.05) is 19.3 Å². The van der Waals surface area contributed by atoms with Gasteiger partial charge in [-0.15, -0.1) is 0 Å². The van der Waals surface area contributed by atoms with Crippen molar-refractivity contribution in [1.82, 2.24) is 0 Å². The fourth-order valence-electron chi connectivity index (χ4n) is 10.5. The lowest BCUT2D eigenvalue weighted by Gasteiger charge is -2.18. The molecule has 0 aliphatic carbocycles. The third-order valence-corrected chi connectivity index (χ3v) is 15.6. The minimum absolute atomic E-state index is 0.0900. The van der Waals surface area contributed by atoms with E-state index in [0.29, 0.717) is 19.3 Å². The van der Waals surface area contributed by atoms with E-state index in [4.69, 9.17) is 14.2 Å². The van der Waals surface area contributed by atoms with Crippen molar-refractivity contribution in [2.75, 3.05) is 13.2 Å². The average molecular weight is 1090 g/mol. The molecule has 0 rings (SSSR count). The van der Waals surface area contributed by atoms with E-state index in [1.165, 1.54) is 263 Å². The van der Waals surface area contributed by atoms with Gasteiger partial charge in [0.25, 0.3) is 0 Å². The molecule has 78 heavy (non-hydrogen) atoms. The van der Waals surface area contributed by atoms with Gasteiger partial charge in [0.05, 0.1) is 0 Å². The average Bonchev–Trinajstić information content (AvgIpc) is 3.44. The maximum Gasteiger partial charge on any atom is 0.306 e. The molecule has 0 aliphatic rings. The van der Waals surface area contributed by atoms with Gasteiger partial charge in [-0.05, 0) is 44.9 Å². The predicted octanol–water partition coefficient (Wildman–Crippen LogP) is 23.7. The first-order chi connectivity index (χ1) is 38.5. The van der Waals surface area contributed by atoms with E-state index in [2.05, 4.69) is 63.3 Å². The molecule has 6 nitrogen and oxygen atoms in total. The van der Waals surface area contributed by atoms with Crippen LogP contribution in [0.4, 0.5) is 0 Å². The van der Waals surface area contributed by atoms with Crippen molar-refractivity contribution in [3.05, 3.63) is 48.6 Å². The minimum Gasteiger partial charge on any atom is -0.462 e. The molecule has 0 radical (unpaired) electrons. The molecule has 0 saturated heterocycles. The highest BCUT2D eigenvalue weighted by molar-refractivity contribution is 5.71. The normalized spacial score (nSPS) is 12.3. The zero-order chi connectivity index (χ0) is 56.4. The summed E-state index contributed by atoms with van der Waals surface area (Å²) in [5, 5.41) is 0. The molecule has 0 fully saturated rings. The van der Waals surface area contributed by atoms with E-state index in [0.717, 1.165) is 64.2 Å². The van der Waals surface area contributed by atoms with Gasteiger partial charge in [-0.25, -0.2) is 0 Å². The van der Waals surface area contributed by atoms with Crippen molar-refractivity contribution >= 4 is 17.9 Å². The predicted molar refractivity (Wildman–Crippen MR) is 339 cm³/mol. The van der Waals surface area contributed by atoms with Crippen molar-refractivity contribution in [3.8, 4) is 0 Å². The van der Waals surface area contributed by atoms with Gasteiger partial charge in [0.1, 0.15) is 13.2 Å². The van der Waals surface area contributed by atoms with Gasteiger partial charge in [-0.2, -0.15) is 0 Å². The van der Waals surface area contributed by atoms with Gasteiger partial charge in [0.2, 0.25) is 0 Å². The molecule has 0 amide bonds. The second-order valence-electron chi connectivity index (χ2n) is 23.4. The van der Waals surface area contributed by atoms with E-state index < -0.39 is 6.10 Å². The Hall–Kier alpha value is -2.63. The summed E-state index contributed by atoms with van der Waals surface area (Å²) in [5.41, 5.74) is 0. The Morgan fingerprint density at radius 2 is 0.500 bits per heavy atom. The van der Waals surface area contributed by atoms with Crippen LogP contribution in [-0.4, -0.2) is 37.2 Å². The van der Waals surface area contributed by atoms with E-state index in [1.807, 2.05) is 6.08 Å². The summed E-state index contributed by atoms with van der Waals surface area (Å²) < 4.78 is 16.9. The number of carbonyl (C=O) groups is 3. The fourth-order valence-corrected chi connectivity index (χ4v) is 10.5. The van der Waals surface area contributed by atoms with Crippen molar-refractivity contribution in [3.63, 3.8) is 0 Å². The van der Waals surface area contributed by atoms with Crippen LogP contribution in [0.5, 0.6) is 0 Å². The van der Waals surface area contributed by atoms with Gasteiger partial charge in [-0.3, -0.25) is 14.4 Å². The van der Waals surface area contributed by atoms with E-state index >= 15 is 0 Å². The van der Waals surface area contributed by atoms with Crippen LogP contribution >= 0.6 is 0 Å². The lowest BCUT2D eigenvalue weighted by molar-refractivity contribution is -0.166. The van der Waals surface area contributed by atoms with Crippen molar-refractivity contribution in [2.24, 2.45) is 0 Å². The zero-order valence-corrected chi connectivity index (χ0v) is 52.5. The molecule has 0 heterocycles. The van der Waals surface area contributed by atoms with E-state index in [9.17, 15) is 14.4 Å². The lowest BCUT2D eigenvalue weighted by atomic mass is 10.0. The molecule has 0 aromatic heterocycles. The van der Waals surface area contributed by atoms with Crippen LogP contribution in [0.3, 0.4) is 0 Å². The fraction of sp³-hybridized carbons (Fsp3) is 0.847. The number of hydrogen-bond donors (Lipinski definition) is 0. The Kier molecular flexibility index (Phi) is 64.6. The number of ether oxygens (including phenoxy) is 3. The van der Waals surface area contributed by atoms with Gasteiger partial charge in [0.15, 0.2) is 6.10 Å². The number of unbranched alkanes of at least 4 members (excludes halogenated alkanes) is 45. The molecule has 0 bridgehead atoms. The molecular weight excluding hydrogens is 961 g/mol. The Bertz CT molecular complexity index is 1350. The standard InChI is InChI=1S/C72H132O6/c1-4-7-10-13-16-19-22-25-27-29-30-31-32-33-34-35-36-37-38-39-40-41-42-43-45-47-50-53-56-59-62-65-71(74)77-68-69(67-76-70(73)64-61-58-55-52-49-46-24-21-18-15-12-9-6-3)78-72(75)66-63-60-57-54-51-48-44-28-26-23-20-17-14-11-8-5-2/h9,12,18,21,46,49,55,58,69H,4-8,10-11,13-17,19-20,22-45,47-48,50-54,56-57,59-68H2,1-3H3/b12-9-,21-18-,49-46-,58-55-. The summed E-state index contributed by atoms with van der Waals surface area (Å²) in [6.07, 6.45) is 84.6. The van der Waals surface area contributed by atoms with Crippen LogP contribution in [0, 0.1) is 0 Å². The lowest BCUT2D eigenvalue weighted by Crippen LogP contribution is -2.30. The van der Waals surface area contributed by atoms with Crippen LogP contribution in [0.15, 0.2) is 48.6 Å². The largest absolute Gasteiger partial charge is 0.462 e. The monoisotopic (exact) mass is 1090 g/mol. The molecule has 0 spiro atoms. The molecule has 1 atom stereocenters. The topological polar surface area (TPSA) is 78.9 Å². The Morgan fingerprint density at radius 3 is 0.782 bits per heavy atom.